The fourth-order valence-electron chi connectivity index (χ4n) is 4.06. The summed E-state index contributed by atoms with van der Waals surface area (Å²) in [6.45, 7) is 15.1. The van der Waals surface area contributed by atoms with Crippen LogP contribution < -0.4 is 5.73 Å². The number of hydrogen-bond acceptors (Lipinski definition) is 7. The van der Waals surface area contributed by atoms with Crippen LogP contribution in [0.15, 0.2) is 34.5 Å². The number of nitrogen functional groups attached to an aromatic ring is 1. The maximum Gasteiger partial charge on any atom is 0.146 e. The molecule has 3 rings (SSSR count). The average Bonchev–Trinajstić information content (AvgIpc) is 2.93. The minimum atomic E-state index is -0.929. The fourth-order valence-corrected chi connectivity index (χ4v) is 4.06. The first kappa shape index (κ1) is 25.1. The summed E-state index contributed by atoms with van der Waals surface area (Å²) in [4.78, 5) is 1.64. The maximum atomic E-state index is 10.9. The zero-order chi connectivity index (χ0) is 24.7. The molecule has 0 spiro atoms. The average molecular weight is 455 g/mol. The second-order valence-electron chi connectivity index (χ2n) is 11.0. The number of unbranched alkanes of at least 4 members (excludes halogenated alkanes) is 1. The molecule has 7 nitrogen and oxygen atoms in total. The van der Waals surface area contributed by atoms with Crippen LogP contribution in [0.3, 0.4) is 0 Å². The minimum absolute atomic E-state index is 0.0974. The molecule has 1 heterocycles. The summed E-state index contributed by atoms with van der Waals surface area (Å²) in [6, 6.07) is 7.20. The van der Waals surface area contributed by atoms with Gasteiger partial charge in [-0.05, 0) is 41.0 Å². The van der Waals surface area contributed by atoms with Crippen LogP contribution >= 0.6 is 0 Å². The lowest BCUT2D eigenvalue weighted by Crippen LogP contribution is -2.27. The highest BCUT2D eigenvalue weighted by Crippen LogP contribution is 2.45. The number of aliphatic hydroxyl groups excluding tert-OH is 2. The van der Waals surface area contributed by atoms with Crippen LogP contribution in [0.1, 0.15) is 96.0 Å². The molecule has 2 unspecified atom stereocenters. The Kier molecular flexibility index (Phi) is 6.89. The van der Waals surface area contributed by atoms with Gasteiger partial charge in [-0.25, -0.2) is 4.90 Å². The van der Waals surface area contributed by atoms with E-state index in [1.54, 1.807) is 17.0 Å². The lowest BCUT2D eigenvalue weighted by Gasteiger charge is -2.26. The van der Waals surface area contributed by atoms with Crippen molar-refractivity contribution in [3.8, 4) is 5.75 Å². The quantitative estimate of drug-likeness (QED) is 0.323. The van der Waals surface area contributed by atoms with Crippen LogP contribution in [0.25, 0.3) is 0 Å². The van der Waals surface area contributed by atoms with E-state index in [4.69, 9.17) is 5.73 Å². The first-order valence-electron chi connectivity index (χ1n) is 11.6. The van der Waals surface area contributed by atoms with E-state index in [1.807, 2.05) is 32.9 Å². The van der Waals surface area contributed by atoms with Crippen LogP contribution in [-0.2, 0) is 10.8 Å². The summed E-state index contributed by atoms with van der Waals surface area (Å²) in [7, 11) is 0. The molecule has 1 aliphatic heterocycles. The zero-order valence-corrected chi connectivity index (χ0v) is 20.8. The number of phenols is 1. The summed E-state index contributed by atoms with van der Waals surface area (Å²) in [5.41, 5.74) is 9.93. The van der Waals surface area contributed by atoms with E-state index < -0.39 is 12.5 Å². The molecule has 0 saturated carbocycles. The largest absolute Gasteiger partial charge is 0.505 e. The Balaban J connectivity index is 2.03. The van der Waals surface area contributed by atoms with Crippen molar-refractivity contribution in [1.82, 2.24) is 4.90 Å². The molecule has 2 atom stereocenters. The third-order valence-corrected chi connectivity index (χ3v) is 6.22. The first-order valence-corrected chi connectivity index (χ1v) is 11.6. The molecular formula is C26H38N4O3. The van der Waals surface area contributed by atoms with Crippen molar-refractivity contribution in [2.24, 2.45) is 10.2 Å². The van der Waals surface area contributed by atoms with Gasteiger partial charge in [-0.15, -0.1) is 10.2 Å². The highest BCUT2D eigenvalue weighted by Gasteiger charge is 2.36. The van der Waals surface area contributed by atoms with Crippen molar-refractivity contribution in [3.63, 3.8) is 0 Å². The highest BCUT2D eigenvalue weighted by molar-refractivity contribution is 5.67. The Morgan fingerprint density at radius 3 is 2.00 bits per heavy atom. The molecular weight excluding hydrogens is 416 g/mol. The Labute approximate surface area is 197 Å². The lowest BCUT2D eigenvalue weighted by molar-refractivity contribution is -0.0846. The molecule has 0 radical (unpaired) electrons. The van der Waals surface area contributed by atoms with E-state index in [0.717, 1.165) is 24.0 Å². The van der Waals surface area contributed by atoms with Gasteiger partial charge in [-0.1, -0.05) is 61.0 Å². The molecule has 7 heteroatoms. The summed E-state index contributed by atoms with van der Waals surface area (Å²) < 4.78 is 0. The van der Waals surface area contributed by atoms with Gasteiger partial charge in [0, 0.05) is 23.2 Å². The van der Waals surface area contributed by atoms with Crippen LogP contribution in [0, 0.1) is 0 Å². The van der Waals surface area contributed by atoms with Gasteiger partial charge in [-0.3, -0.25) is 0 Å². The van der Waals surface area contributed by atoms with Gasteiger partial charge in [0.15, 0.2) is 0 Å². The van der Waals surface area contributed by atoms with Gasteiger partial charge >= 0.3 is 0 Å². The number of nitrogens with two attached hydrogens (primary N) is 1. The summed E-state index contributed by atoms with van der Waals surface area (Å²) in [6.07, 6.45) is -0.0106. The molecule has 2 aromatic carbocycles. The fraction of sp³-hybridized carbons (Fsp3) is 0.538. The molecule has 2 aromatic rings. The molecule has 0 bridgehead atoms. The lowest BCUT2D eigenvalue weighted by atomic mass is 9.80. The molecule has 0 saturated heterocycles. The number of nitrogens with zero attached hydrogens (tertiary/aromatic N) is 3. The second-order valence-corrected chi connectivity index (χ2v) is 11.0. The first-order chi connectivity index (χ1) is 15.3. The summed E-state index contributed by atoms with van der Waals surface area (Å²) in [5.74, 6) is 0.0974. The number of aliphatic hydroxyl groups is 2. The van der Waals surface area contributed by atoms with E-state index in [-0.39, 0.29) is 16.6 Å². The van der Waals surface area contributed by atoms with Crippen molar-refractivity contribution < 1.29 is 15.3 Å². The third kappa shape index (κ3) is 5.05. The van der Waals surface area contributed by atoms with Gasteiger partial charge in [0.1, 0.15) is 29.6 Å². The van der Waals surface area contributed by atoms with Gasteiger partial charge < -0.3 is 21.1 Å². The molecule has 1 aliphatic rings. The smallest absolute Gasteiger partial charge is 0.146 e. The van der Waals surface area contributed by atoms with Gasteiger partial charge in [-0.2, -0.15) is 0 Å². The number of rotatable bonds is 5. The van der Waals surface area contributed by atoms with Gasteiger partial charge in [0.05, 0.1) is 5.69 Å². The minimum Gasteiger partial charge on any atom is -0.505 e. The van der Waals surface area contributed by atoms with E-state index in [9.17, 15) is 15.3 Å². The second kappa shape index (κ2) is 9.05. The molecule has 0 fully saturated rings. The topological polar surface area (TPSA) is 115 Å². The number of azo groups is 1. The molecule has 5 N–H and O–H groups in total. The molecule has 0 aromatic heterocycles. The van der Waals surface area contributed by atoms with E-state index >= 15 is 0 Å². The predicted molar refractivity (Wildman–Crippen MR) is 132 cm³/mol. The number of anilines is 1. The SMILES string of the molecule is CCCCN1C(O)c2cc(N)c(N=Nc3cc(C(C)(C)C)cc(C(C)(C)C)c3O)cc2C1O. The van der Waals surface area contributed by atoms with E-state index in [0.29, 0.717) is 34.7 Å². The normalized spacial score (nSPS) is 19.4. The Hall–Kier alpha value is -2.48. The van der Waals surface area contributed by atoms with Crippen LogP contribution in [0.4, 0.5) is 17.1 Å². The zero-order valence-electron chi connectivity index (χ0n) is 20.8. The highest BCUT2D eigenvalue weighted by atomic mass is 16.3. The number of phenolic OH excluding ortho intramolecular Hbond substituents is 1. The van der Waals surface area contributed by atoms with Crippen molar-refractivity contribution in [3.05, 3.63) is 46.5 Å². The summed E-state index contributed by atoms with van der Waals surface area (Å²) >= 11 is 0. The standard InChI is InChI=1S/C26H38N4O3/c1-8-9-10-30-23(32)16-13-19(27)20(14-17(16)24(30)33)28-29-21-12-15(25(2,3)4)11-18(22(21)31)26(5,6)7/h11-14,23-24,31-33H,8-10,27H2,1-7H3. The predicted octanol–water partition coefficient (Wildman–Crippen LogP) is 6.08. The van der Waals surface area contributed by atoms with E-state index in [1.165, 1.54) is 0 Å². The number of benzene rings is 2. The third-order valence-electron chi connectivity index (χ3n) is 6.22. The van der Waals surface area contributed by atoms with Crippen molar-refractivity contribution >= 4 is 17.1 Å². The summed E-state index contributed by atoms with van der Waals surface area (Å²) in [5, 5.41) is 41.0. The number of fused-ring (bicyclic) bond motifs is 1. The van der Waals surface area contributed by atoms with Crippen LogP contribution in [0.5, 0.6) is 5.75 Å². The Bertz CT molecular complexity index is 1050. The molecule has 33 heavy (non-hydrogen) atoms. The molecule has 180 valence electrons. The maximum absolute atomic E-state index is 10.9. The van der Waals surface area contributed by atoms with Crippen molar-refractivity contribution in [1.29, 1.82) is 0 Å². The van der Waals surface area contributed by atoms with Crippen LogP contribution in [0.2, 0.25) is 0 Å². The number of hydrogen-bond donors (Lipinski definition) is 4. The van der Waals surface area contributed by atoms with E-state index in [2.05, 4.69) is 37.9 Å². The molecule has 0 amide bonds. The van der Waals surface area contributed by atoms with Gasteiger partial charge in [0.25, 0.3) is 0 Å². The Morgan fingerprint density at radius 2 is 1.45 bits per heavy atom. The Morgan fingerprint density at radius 1 is 0.879 bits per heavy atom. The van der Waals surface area contributed by atoms with Crippen LogP contribution in [-0.4, -0.2) is 26.8 Å². The van der Waals surface area contributed by atoms with Crippen molar-refractivity contribution in [2.75, 3.05) is 12.3 Å². The van der Waals surface area contributed by atoms with Crippen molar-refractivity contribution in [2.45, 2.75) is 84.6 Å². The monoisotopic (exact) mass is 454 g/mol. The molecule has 0 aliphatic carbocycles. The van der Waals surface area contributed by atoms with Gasteiger partial charge in [0.2, 0.25) is 0 Å². The number of aromatic hydroxyl groups is 1.